The molecule has 0 aliphatic heterocycles. The van der Waals surface area contributed by atoms with Crippen LogP contribution in [0.5, 0.6) is 0 Å². The van der Waals surface area contributed by atoms with Crippen LogP contribution in [0.25, 0.3) is 5.65 Å². The van der Waals surface area contributed by atoms with E-state index in [0.717, 1.165) is 48.5 Å². The average molecular weight is 338 g/mol. The Morgan fingerprint density at radius 1 is 1.16 bits per heavy atom. The summed E-state index contributed by atoms with van der Waals surface area (Å²) in [7, 11) is 0. The molecule has 3 aromatic heterocycles. The van der Waals surface area contributed by atoms with Crippen molar-refractivity contribution in [2.75, 3.05) is 10.6 Å². The van der Waals surface area contributed by atoms with E-state index >= 15 is 0 Å². The van der Waals surface area contributed by atoms with Crippen molar-refractivity contribution in [2.45, 2.75) is 44.8 Å². The largest absolute Gasteiger partial charge is 0.393 e. The lowest BCUT2D eigenvalue weighted by molar-refractivity contribution is 0.126. The van der Waals surface area contributed by atoms with Crippen LogP contribution >= 0.6 is 0 Å². The Morgan fingerprint density at radius 2 is 2.00 bits per heavy atom. The Morgan fingerprint density at radius 3 is 2.80 bits per heavy atom. The number of anilines is 3. The van der Waals surface area contributed by atoms with Crippen LogP contribution in [0.4, 0.5) is 17.5 Å². The highest BCUT2D eigenvalue weighted by atomic mass is 16.3. The first kappa shape index (κ1) is 15.8. The van der Waals surface area contributed by atoms with Gasteiger partial charge in [-0.2, -0.15) is 9.50 Å². The zero-order chi connectivity index (χ0) is 17.2. The van der Waals surface area contributed by atoms with Gasteiger partial charge in [-0.05, 0) is 56.9 Å². The third kappa shape index (κ3) is 3.56. The minimum atomic E-state index is -0.153. The number of rotatable bonds is 4. The first-order chi connectivity index (χ1) is 12.2. The minimum absolute atomic E-state index is 0.153. The number of hydrogen-bond donors (Lipinski definition) is 3. The van der Waals surface area contributed by atoms with Crippen LogP contribution in [0.1, 0.15) is 31.4 Å². The second-order valence-corrected chi connectivity index (χ2v) is 6.58. The summed E-state index contributed by atoms with van der Waals surface area (Å²) in [5.74, 6) is 1.48. The fraction of sp³-hybridized carbons (Fsp3) is 0.389. The molecule has 1 fully saturated rings. The Balaban J connectivity index is 1.56. The molecule has 0 atom stereocenters. The number of aromatic nitrogens is 4. The fourth-order valence-electron chi connectivity index (χ4n) is 3.25. The van der Waals surface area contributed by atoms with Gasteiger partial charge in [-0.3, -0.25) is 4.98 Å². The number of aliphatic hydroxyl groups is 1. The van der Waals surface area contributed by atoms with Crippen molar-refractivity contribution in [1.29, 1.82) is 0 Å². The number of hydrogen-bond acceptors (Lipinski definition) is 6. The molecule has 0 amide bonds. The van der Waals surface area contributed by atoms with Gasteiger partial charge in [0, 0.05) is 23.6 Å². The van der Waals surface area contributed by atoms with Crippen LogP contribution in [-0.4, -0.2) is 36.8 Å². The number of pyridine rings is 2. The Labute approximate surface area is 146 Å². The first-order valence-electron chi connectivity index (χ1n) is 8.67. The molecule has 0 saturated heterocycles. The number of fused-ring (bicyclic) bond motifs is 1. The molecule has 0 aromatic carbocycles. The fourth-order valence-corrected chi connectivity index (χ4v) is 3.25. The summed E-state index contributed by atoms with van der Waals surface area (Å²) in [5.41, 5.74) is 2.64. The molecule has 0 bridgehead atoms. The SMILES string of the molecule is Cc1cc(Nc2nc3cccc(N[C@H]4CC[C@@H](O)CC4)n3n2)ccn1. The van der Waals surface area contributed by atoms with E-state index in [9.17, 15) is 5.11 Å². The van der Waals surface area contributed by atoms with Crippen molar-refractivity contribution in [3.05, 3.63) is 42.2 Å². The zero-order valence-electron chi connectivity index (χ0n) is 14.2. The normalized spacial score (nSPS) is 20.6. The molecule has 7 heteroatoms. The van der Waals surface area contributed by atoms with Crippen molar-refractivity contribution in [3.8, 4) is 0 Å². The molecule has 1 aliphatic rings. The lowest BCUT2D eigenvalue weighted by Crippen LogP contribution is -2.29. The van der Waals surface area contributed by atoms with Crippen LogP contribution in [0.15, 0.2) is 36.5 Å². The highest BCUT2D eigenvalue weighted by Crippen LogP contribution is 2.23. The predicted molar refractivity (Wildman–Crippen MR) is 97.1 cm³/mol. The van der Waals surface area contributed by atoms with Gasteiger partial charge in [-0.15, -0.1) is 5.10 Å². The van der Waals surface area contributed by atoms with Gasteiger partial charge in [0.15, 0.2) is 5.65 Å². The van der Waals surface area contributed by atoms with E-state index in [4.69, 9.17) is 0 Å². The van der Waals surface area contributed by atoms with Crippen molar-refractivity contribution >= 4 is 23.1 Å². The van der Waals surface area contributed by atoms with Gasteiger partial charge < -0.3 is 15.7 Å². The topological polar surface area (TPSA) is 87.4 Å². The lowest BCUT2D eigenvalue weighted by atomic mass is 9.93. The predicted octanol–water partition coefficient (Wildman–Crippen LogP) is 2.89. The van der Waals surface area contributed by atoms with Crippen LogP contribution in [0, 0.1) is 6.92 Å². The van der Waals surface area contributed by atoms with Crippen molar-refractivity contribution < 1.29 is 5.11 Å². The molecule has 0 spiro atoms. The summed E-state index contributed by atoms with van der Waals surface area (Å²) in [6.45, 7) is 1.95. The maximum Gasteiger partial charge on any atom is 0.247 e. The highest BCUT2D eigenvalue weighted by Gasteiger charge is 2.20. The summed E-state index contributed by atoms with van der Waals surface area (Å²) in [4.78, 5) is 8.74. The van der Waals surface area contributed by atoms with E-state index < -0.39 is 0 Å². The highest BCUT2D eigenvalue weighted by molar-refractivity contribution is 5.58. The zero-order valence-corrected chi connectivity index (χ0v) is 14.2. The Bertz CT molecular complexity index is 869. The van der Waals surface area contributed by atoms with Crippen LogP contribution in [0.2, 0.25) is 0 Å². The molecule has 1 saturated carbocycles. The number of aryl methyl sites for hydroxylation is 1. The number of aliphatic hydroxyl groups excluding tert-OH is 1. The van der Waals surface area contributed by atoms with Gasteiger partial charge in [-0.1, -0.05) is 6.07 Å². The van der Waals surface area contributed by atoms with Crippen molar-refractivity contribution in [1.82, 2.24) is 19.6 Å². The second-order valence-electron chi connectivity index (χ2n) is 6.58. The van der Waals surface area contributed by atoms with Crippen molar-refractivity contribution in [2.24, 2.45) is 0 Å². The summed E-state index contributed by atoms with van der Waals surface area (Å²) < 4.78 is 1.82. The molecule has 25 heavy (non-hydrogen) atoms. The third-order valence-corrected chi connectivity index (χ3v) is 4.56. The molecular formula is C18H22N6O. The van der Waals surface area contributed by atoms with Crippen molar-refractivity contribution in [3.63, 3.8) is 0 Å². The van der Waals surface area contributed by atoms with Gasteiger partial charge in [0.25, 0.3) is 0 Å². The maximum atomic E-state index is 9.66. The van der Waals surface area contributed by atoms with Gasteiger partial charge >= 0.3 is 0 Å². The summed E-state index contributed by atoms with van der Waals surface area (Å²) >= 11 is 0. The number of nitrogens with zero attached hydrogens (tertiary/aromatic N) is 4. The molecule has 1 aliphatic carbocycles. The summed E-state index contributed by atoms with van der Waals surface area (Å²) in [5, 5.41) is 21.0. The minimum Gasteiger partial charge on any atom is -0.393 e. The first-order valence-corrected chi connectivity index (χ1v) is 8.67. The second kappa shape index (κ2) is 6.68. The monoisotopic (exact) mass is 338 g/mol. The molecule has 3 N–H and O–H groups in total. The standard InChI is InChI=1S/C18H22N6O/c1-12-11-14(9-10-19-12)21-18-22-17-4-2-3-16(24(17)23-18)20-13-5-7-15(25)8-6-13/h2-4,9-11,13,15,20,25H,5-8H2,1H3,(H,19,21,23)/t13-,15+. The van der Waals surface area contributed by atoms with Crippen LogP contribution in [0.3, 0.4) is 0 Å². The Hall–Kier alpha value is -2.67. The molecule has 7 nitrogen and oxygen atoms in total. The van der Waals surface area contributed by atoms with E-state index in [1.165, 1.54) is 0 Å². The molecule has 0 unspecified atom stereocenters. The summed E-state index contributed by atoms with van der Waals surface area (Å²) in [6.07, 6.45) is 5.23. The Kier molecular flexibility index (Phi) is 4.23. The maximum absolute atomic E-state index is 9.66. The van der Waals surface area contributed by atoms with E-state index in [1.807, 2.05) is 41.8 Å². The van der Waals surface area contributed by atoms with Gasteiger partial charge in [0.1, 0.15) is 5.82 Å². The average Bonchev–Trinajstić information content (AvgIpc) is 3.00. The molecule has 0 radical (unpaired) electrons. The molecular weight excluding hydrogens is 316 g/mol. The molecule has 130 valence electrons. The molecule has 3 aromatic rings. The van der Waals surface area contributed by atoms with Gasteiger partial charge in [0.2, 0.25) is 5.95 Å². The van der Waals surface area contributed by atoms with Gasteiger partial charge in [0.05, 0.1) is 6.10 Å². The van der Waals surface area contributed by atoms with Gasteiger partial charge in [-0.25, -0.2) is 0 Å². The molecule has 4 rings (SSSR count). The smallest absolute Gasteiger partial charge is 0.247 e. The molecule has 3 heterocycles. The van der Waals surface area contributed by atoms with E-state index in [1.54, 1.807) is 6.20 Å². The van der Waals surface area contributed by atoms with Crippen LogP contribution in [-0.2, 0) is 0 Å². The van der Waals surface area contributed by atoms with E-state index in [0.29, 0.717) is 12.0 Å². The summed E-state index contributed by atoms with van der Waals surface area (Å²) in [6, 6.07) is 10.1. The van der Waals surface area contributed by atoms with E-state index in [-0.39, 0.29) is 6.10 Å². The van der Waals surface area contributed by atoms with E-state index in [2.05, 4.69) is 25.7 Å². The van der Waals surface area contributed by atoms with Crippen LogP contribution < -0.4 is 10.6 Å². The quantitative estimate of drug-likeness (QED) is 0.678. The third-order valence-electron chi connectivity index (χ3n) is 4.56. The lowest BCUT2D eigenvalue weighted by Gasteiger charge is -2.26. The number of nitrogens with one attached hydrogen (secondary N) is 2.